The summed E-state index contributed by atoms with van der Waals surface area (Å²) in [6.45, 7) is 9.93. The van der Waals surface area contributed by atoms with Gasteiger partial charge in [0.2, 0.25) is 5.91 Å². The van der Waals surface area contributed by atoms with Crippen LogP contribution in [0.1, 0.15) is 36.6 Å². The van der Waals surface area contributed by atoms with E-state index < -0.39 is 16.2 Å². The molecule has 9 nitrogen and oxygen atoms in total. The maximum atomic E-state index is 13.6. The summed E-state index contributed by atoms with van der Waals surface area (Å²) in [5.74, 6) is 0.551. The number of anilines is 2. The molecule has 0 aliphatic carbocycles. The third-order valence-corrected chi connectivity index (χ3v) is 8.53. The fourth-order valence-electron chi connectivity index (χ4n) is 5.39. The first-order valence-corrected chi connectivity index (χ1v) is 14.9. The summed E-state index contributed by atoms with van der Waals surface area (Å²) >= 11 is 0. The lowest BCUT2D eigenvalue weighted by molar-refractivity contribution is -0.129. The Kier molecular flexibility index (Phi) is 7.63. The van der Waals surface area contributed by atoms with Gasteiger partial charge in [0.1, 0.15) is 16.2 Å². The van der Waals surface area contributed by atoms with E-state index in [0.29, 0.717) is 40.9 Å². The van der Waals surface area contributed by atoms with Crippen LogP contribution in [0, 0.1) is 13.8 Å². The van der Waals surface area contributed by atoms with E-state index in [4.69, 9.17) is 4.42 Å². The number of nitrogens with one attached hydrogen (secondary N) is 1. The zero-order chi connectivity index (χ0) is 29.5. The van der Waals surface area contributed by atoms with Crippen molar-refractivity contribution in [3.63, 3.8) is 0 Å². The maximum absolute atomic E-state index is 13.6. The molecule has 0 spiro atoms. The van der Waals surface area contributed by atoms with E-state index >= 15 is 0 Å². The third-order valence-electron chi connectivity index (χ3n) is 7.62. The van der Waals surface area contributed by atoms with Gasteiger partial charge in [-0.2, -0.15) is 8.42 Å². The van der Waals surface area contributed by atoms with Gasteiger partial charge in [0.15, 0.2) is 5.43 Å². The van der Waals surface area contributed by atoms with Crippen molar-refractivity contribution in [1.82, 2.24) is 4.90 Å². The van der Waals surface area contributed by atoms with Crippen molar-refractivity contribution in [2.24, 2.45) is 0 Å². The van der Waals surface area contributed by atoms with Crippen molar-refractivity contribution in [1.29, 1.82) is 0 Å². The van der Waals surface area contributed by atoms with Crippen LogP contribution in [0.4, 0.5) is 11.4 Å². The highest BCUT2D eigenvalue weighted by Crippen LogP contribution is 2.34. The number of fused-ring (bicyclic) bond motifs is 1. The lowest BCUT2D eigenvalue weighted by atomic mass is 9.98. The van der Waals surface area contributed by atoms with E-state index in [9.17, 15) is 22.6 Å². The standard InChI is InChI=1S/C31H33N3O6S/c1-19-17-25(21(3)32-27-7-5-6-8-28(27)41(37,38)39)31-26(18-19)29(36)20(2)30(40-31)23-9-11-24(12-10-23)34-15-13-33(14-16-34)22(4)35/h5-12,17-18,21,32H,13-16H2,1-4H3,(H,37,38,39). The van der Waals surface area contributed by atoms with Gasteiger partial charge in [-0.25, -0.2) is 0 Å². The van der Waals surface area contributed by atoms with Crippen molar-refractivity contribution in [3.8, 4) is 11.3 Å². The number of aryl methyl sites for hydroxylation is 1. The fourth-order valence-corrected chi connectivity index (χ4v) is 6.04. The highest BCUT2D eigenvalue weighted by Gasteiger charge is 2.22. The normalized spacial score (nSPS) is 14.8. The zero-order valence-corrected chi connectivity index (χ0v) is 24.3. The van der Waals surface area contributed by atoms with Crippen LogP contribution in [-0.4, -0.2) is 50.0 Å². The second-order valence-electron chi connectivity index (χ2n) is 10.5. The highest BCUT2D eigenvalue weighted by atomic mass is 32.2. The Bertz CT molecular complexity index is 1790. The number of carbonyl (C=O) groups excluding carboxylic acids is 1. The molecule has 0 bridgehead atoms. The van der Waals surface area contributed by atoms with Crippen LogP contribution in [0.2, 0.25) is 0 Å². The van der Waals surface area contributed by atoms with Crippen molar-refractivity contribution in [3.05, 3.63) is 87.6 Å². The van der Waals surface area contributed by atoms with Crippen LogP contribution >= 0.6 is 0 Å². The summed E-state index contributed by atoms with van der Waals surface area (Å²) in [4.78, 5) is 29.1. The predicted octanol–water partition coefficient (Wildman–Crippen LogP) is 5.17. The van der Waals surface area contributed by atoms with Gasteiger partial charge in [0, 0.05) is 55.5 Å². The lowest BCUT2D eigenvalue weighted by Crippen LogP contribution is -2.48. The van der Waals surface area contributed by atoms with E-state index in [1.54, 1.807) is 32.0 Å². The van der Waals surface area contributed by atoms with Crippen molar-refractivity contribution in [2.75, 3.05) is 36.4 Å². The lowest BCUT2D eigenvalue weighted by Gasteiger charge is -2.35. The Morgan fingerprint density at radius 1 is 1.00 bits per heavy atom. The molecule has 214 valence electrons. The van der Waals surface area contributed by atoms with E-state index in [0.717, 1.165) is 29.9 Å². The van der Waals surface area contributed by atoms with Gasteiger partial charge in [-0.05, 0) is 68.8 Å². The largest absolute Gasteiger partial charge is 0.455 e. The summed E-state index contributed by atoms with van der Waals surface area (Å²) in [7, 11) is -4.44. The second kappa shape index (κ2) is 11.0. The molecule has 1 aliphatic heterocycles. The molecule has 1 aliphatic rings. The monoisotopic (exact) mass is 575 g/mol. The van der Waals surface area contributed by atoms with Crippen LogP contribution in [0.25, 0.3) is 22.3 Å². The molecule has 1 saturated heterocycles. The highest BCUT2D eigenvalue weighted by molar-refractivity contribution is 7.86. The molecule has 41 heavy (non-hydrogen) atoms. The van der Waals surface area contributed by atoms with Crippen LogP contribution in [-0.2, 0) is 14.9 Å². The molecular weight excluding hydrogens is 542 g/mol. The molecule has 0 radical (unpaired) electrons. The van der Waals surface area contributed by atoms with Gasteiger partial charge in [-0.1, -0.05) is 18.2 Å². The number of amides is 1. The average Bonchev–Trinajstić information content (AvgIpc) is 2.94. The average molecular weight is 576 g/mol. The zero-order valence-electron chi connectivity index (χ0n) is 23.5. The minimum absolute atomic E-state index is 0.0866. The number of piperazine rings is 1. The molecule has 1 fully saturated rings. The molecule has 10 heteroatoms. The molecule has 0 saturated carbocycles. The summed E-state index contributed by atoms with van der Waals surface area (Å²) in [6.07, 6.45) is 0. The van der Waals surface area contributed by atoms with Gasteiger partial charge in [0.05, 0.1) is 17.1 Å². The first kappa shape index (κ1) is 28.4. The van der Waals surface area contributed by atoms with Crippen LogP contribution in [0.3, 0.4) is 0 Å². The SMILES string of the molecule is CC(=O)N1CCN(c2ccc(-c3oc4c(C(C)Nc5ccccc5S(=O)(=O)O)cc(C)cc4c(=O)c3C)cc2)CC1. The second-order valence-corrected chi connectivity index (χ2v) is 11.9. The number of rotatable bonds is 6. The summed E-state index contributed by atoms with van der Waals surface area (Å²) < 4.78 is 40.0. The van der Waals surface area contributed by atoms with Crippen molar-refractivity contribution in [2.45, 2.75) is 38.6 Å². The molecular formula is C31H33N3O6S. The number of para-hydroxylation sites is 1. The molecule has 1 unspecified atom stereocenters. The smallest absolute Gasteiger partial charge is 0.296 e. The summed E-state index contributed by atoms with van der Waals surface area (Å²) in [5.41, 5.74) is 4.35. The molecule has 3 aromatic carbocycles. The number of hydrogen-bond donors (Lipinski definition) is 2. The van der Waals surface area contributed by atoms with E-state index in [1.165, 1.54) is 12.1 Å². The third kappa shape index (κ3) is 5.71. The fraction of sp³-hybridized carbons (Fsp3) is 0.290. The Morgan fingerprint density at radius 3 is 2.29 bits per heavy atom. The minimum atomic E-state index is -4.44. The Labute approximate surface area is 239 Å². The van der Waals surface area contributed by atoms with Crippen molar-refractivity contribution >= 4 is 38.4 Å². The van der Waals surface area contributed by atoms with E-state index in [-0.39, 0.29) is 21.9 Å². The minimum Gasteiger partial charge on any atom is -0.455 e. The summed E-state index contributed by atoms with van der Waals surface area (Å²) in [6, 6.07) is 17.2. The van der Waals surface area contributed by atoms with E-state index in [2.05, 4.69) is 10.2 Å². The van der Waals surface area contributed by atoms with Crippen molar-refractivity contribution < 1.29 is 22.2 Å². The first-order valence-electron chi connectivity index (χ1n) is 13.5. The predicted molar refractivity (Wildman–Crippen MR) is 160 cm³/mol. The van der Waals surface area contributed by atoms with Gasteiger partial charge in [-0.3, -0.25) is 14.1 Å². The molecule has 1 aromatic heterocycles. The van der Waals surface area contributed by atoms with Crippen LogP contribution in [0.5, 0.6) is 0 Å². The maximum Gasteiger partial charge on any atom is 0.296 e. The Hall–Kier alpha value is -4.15. The first-order chi connectivity index (χ1) is 19.4. The van der Waals surface area contributed by atoms with Gasteiger partial charge < -0.3 is 19.5 Å². The number of carbonyl (C=O) groups is 1. The quantitative estimate of drug-likeness (QED) is 0.303. The Balaban J connectivity index is 1.51. The molecule has 4 aromatic rings. The van der Waals surface area contributed by atoms with Gasteiger partial charge in [0.25, 0.3) is 10.1 Å². The number of nitrogens with zero attached hydrogens (tertiary/aromatic N) is 2. The molecule has 1 amide bonds. The number of benzene rings is 3. The molecule has 5 rings (SSSR count). The van der Waals surface area contributed by atoms with Gasteiger partial charge in [-0.15, -0.1) is 0 Å². The molecule has 2 N–H and O–H groups in total. The van der Waals surface area contributed by atoms with Crippen LogP contribution < -0.4 is 15.6 Å². The van der Waals surface area contributed by atoms with Crippen LogP contribution in [0.15, 0.2) is 74.8 Å². The summed E-state index contributed by atoms with van der Waals surface area (Å²) in [5, 5.41) is 3.61. The Morgan fingerprint density at radius 2 is 1.66 bits per heavy atom. The topological polar surface area (TPSA) is 120 Å². The molecule has 1 atom stereocenters. The number of hydrogen-bond acceptors (Lipinski definition) is 7. The van der Waals surface area contributed by atoms with E-state index in [1.807, 2.05) is 49.1 Å². The van der Waals surface area contributed by atoms with Gasteiger partial charge >= 0.3 is 0 Å². The molecule has 2 heterocycles.